The van der Waals surface area contributed by atoms with Crippen LogP contribution in [0.1, 0.15) is 23.6 Å². The van der Waals surface area contributed by atoms with E-state index < -0.39 is 10.0 Å². The highest BCUT2D eigenvalue weighted by atomic mass is 32.2. The molecule has 1 aliphatic heterocycles. The monoisotopic (exact) mass is 415 g/mol. The maximum atomic E-state index is 12.7. The van der Waals surface area contributed by atoms with Crippen LogP contribution in [0.5, 0.6) is 0 Å². The summed E-state index contributed by atoms with van der Waals surface area (Å²) < 4.78 is 26.9. The summed E-state index contributed by atoms with van der Waals surface area (Å²) in [5, 5.41) is 3.01. The van der Waals surface area contributed by atoms with Crippen molar-refractivity contribution in [2.75, 3.05) is 31.5 Å². The number of aryl methyl sites for hydroxylation is 2. The van der Waals surface area contributed by atoms with E-state index in [1.54, 1.807) is 0 Å². The SMILES string of the molecule is Cc1ccc(C)c(NC(=O)[C@H](C)N2CCN(S(=O)(=O)Cc3ccccc3)CC2)c1. The van der Waals surface area contributed by atoms with Gasteiger partial charge in [-0.2, -0.15) is 4.31 Å². The predicted octanol–water partition coefficient (Wildman–Crippen LogP) is 2.78. The molecular formula is C22H29N3O3S. The van der Waals surface area contributed by atoms with Crippen molar-refractivity contribution in [2.45, 2.75) is 32.6 Å². The lowest BCUT2D eigenvalue weighted by atomic mass is 10.1. The van der Waals surface area contributed by atoms with Crippen LogP contribution in [0.25, 0.3) is 0 Å². The second-order valence-corrected chi connectivity index (χ2v) is 9.63. The first kappa shape index (κ1) is 21.5. The molecule has 2 aromatic carbocycles. The molecule has 156 valence electrons. The number of hydrogen-bond donors (Lipinski definition) is 1. The van der Waals surface area contributed by atoms with Gasteiger partial charge in [0.1, 0.15) is 0 Å². The summed E-state index contributed by atoms with van der Waals surface area (Å²) in [5.74, 6) is -0.0597. The van der Waals surface area contributed by atoms with Gasteiger partial charge in [0.15, 0.2) is 0 Å². The molecule has 2 aromatic rings. The summed E-state index contributed by atoms with van der Waals surface area (Å²) >= 11 is 0. The molecular weight excluding hydrogens is 386 g/mol. The van der Waals surface area contributed by atoms with Gasteiger partial charge in [-0.3, -0.25) is 9.69 Å². The average molecular weight is 416 g/mol. The Morgan fingerprint density at radius 3 is 2.34 bits per heavy atom. The summed E-state index contributed by atoms with van der Waals surface area (Å²) in [6.07, 6.45) is 0. The van der Waals surface area contributed by atoms with Crippen LogP contribution in [-0.2, 0) is 20.6 Å². The Hall–Kier alpha value is -2.22. The Balaban J connectivity index is 1.56. The van der Waals surface area contributed by atoms with Crippen LogP contribution < -0.4 is 5.32 Å². The molecule has 0 unspecified atom stereocenters. The first-order chi connectivity index (χ1) is 13.8. The maximum Gasteiger partial charge on any atom is 0.241 e. The molecule has 0 saturated carbocycles. The van der Waals surface area contributed by atoms with Crippen LogP contribution in [0.3, 0.4) is 0 Å². The molecule has 1 saturated heterocycles. The average Bonchev–Trinajstić information content (AvgIpc) is 2.70. The molecule has 6 nitrogen and oxygen atoms in total. The fourth-order valence-corrected chi connectivity index (χ4v) is 5.03. The Kier molecular flexibility index (Phi) is 6.72. The van der Waals surface area contributed by atoms with Crippen LogP contribution in [-0.4, -0.2) is 55.8 Å². The number of amides is 1. The van der Waals surface area contributed by atoms with Gasteiger partial charge in [-0.25, -0.2) is 8.42 Å². The minimum atomic E-state index is -3.36. The Morgan fingerprint density at radius 1 is 1.03 bits per heavy atom. The lowest BCUT2D eigenvalue weighted by Crippen LogP contribution is -2.54. The Bertz CT molecular complexity index is 953. The van der Waals surface area contributed by atoms with E-state index >= 15 is 0 Å². The fourth-order valence-electron chi connectivity index (χ4n) is 3.52. The molecule has 3 rings (SSSR count). The minimum absolute atomic E-state index is 0.0104. The number of carbonyl (C=O) groups excluding carboxylic acids is 1. The summed E-state index contributed by atoms with van der Waals surface area (Å²) in [6, 6.07) is 14.9. The molecule has 0 radical (unpaired) electrons. The molecule has 29 heavy (non-hydrogen) atoms. The number of sulfonamides is 1. The van der Waals surface area contributed by atoms with Crippen LogP contribution in [0.2, 0.25) is 0 Å². The Labute approximate surface area is 173 Å². The lowest BCUT2D eigenvalue weighted by Gasteiger charge is -2.36. The van der Waals surface area contributed by atoms with Crippen molar-refractivity contribution in [1.29, 1.82) is 0 Å². The van der Waals surface area contributed by atoms with E-state index in [0.29, 0.717) is 26.2 Å². The topological polar surface area (TPSA) is 69.7 Å². The summed E-state index contributed by atoms with van der Waals surface area (Å²) in [6.45, 7) is 7.70. The van der Waals surface area contributed by atoms with E-state index in [-0.39, 0.29) is 17.7 Å². The zero-order chi connectivity index (χ0) is 21.0. The number of nitrogens with one attached hydrogen (secondary N) is 1. The Morgan fingerprint density at radius 2 is 1.69 bits per heavy atom. The molecule has 1 atom stereocenters. The van der Waals surface area contributed by atoms with Gasteiger partial charge in [-0.15, -0.1) is 0 Å². The van der Waals surface area contributed by atoms with Gasteiger partial charge in [0.2, 0.25) is 15.9 Å². The number of anilines is 1. The van der Waals surface area contributed by atoms with Crippen LogP contribution in [0.15, 0.2) is 48.5 Å². The number of nitrogens with zero attached hydrogens (tertiary/aromatic N) is 2. The highest BCUT2D eigenvalue weighted by molar-refractivity contribution is 7.88. The van der Waals surface area contributed by atoms with Gasteiger partial charge in [0.05, 0.1) is 11.8 Å². The smallest absolute Gasteiger partial charge is 0.241 e. The second-order valence-electron chi connectivity index (χ2n) is 7.66. The fraction of sp³-hybridized carbons (Fsp3) is 0.409. The third-order valence-corrected chi connectivity index (χ3v) is 7.29. The van der Waals surface area contributed by atoms with E-state index in [1.165, 1.54) is 4.31 Å². The minimum Gasteiger partial charge on any atom is -0.324 e. The van der Waals surface area contributed by atoms with E-state index in [9.17, 15) is 13.2 Å². The van der Waals surface area contributed by atoms with Gasteiger partial charge in [0, 0.05) is 31.9 Å². The van der Waals surface area contributed by atoms with Gasteiger partial charge in [-0.1, -0.05) is 42.5 Å². The normalized spacial score (nSPS) is 17.1. The molecule has 0 bridgehead atoms. The quantitative estimate of drug-likeness (QED) is 0.788. The van der Waals surface area contributed by atoms with Crippen molar-refractivity contribution in [3.8, 4) is 0 Å². The van der Waals surface area contributed by atoms with Crippen LogP contribution in [0.4, 0.5) is 5.69 Å². The first-order valence-corrected chi connectivity index (χ1v) is 11.5. The van der Waals surface area contributed by atoms with Crippen molar-refractivity contribution in [3.05, 3.63) is 65.2 Å². The van der Waals surface area contributed by atoms with E-state index in [0.717, 1.165) is 22.4 Å². The van der Waals surface area contributed by atoms with E-state index in [1.807, 2.05) is 74.2 Å². The zero-order valence-electron chi connectivity index (χ0n) is 17.3. The highest BCUT2D eigenvalue weighted by Crippen LogP contribution is 2.19. The zero-order valence-corrected chi connectivity index (χ0v) is 18.1. The molecule has 1 amide bonds. The van der Waals surface area contributed by atoms with Gasteiger partial charge >= 0.3 is 0 Å². The van der Waals surface area contributed by atoms with Gasteiger partial charge in [-0.05, 0) is 43.5 Å². The molecule has 1 aliphatic rings. The van der Waals surface area contributed by atoms with Crippen LogP contribution in [0, 0.1) is 13.8 Å². The summed E-state index contributed by atoms with van der Waals surface area (Å²) in [7, 11) is -3.36. The molecule has 7 heteroatoms. The first-order valence-electron chi connectivity index (χ1n) is 9.90. The number of carbonyl (C=O) groups is 1. The lowest BCUT2D eigenvalue weighted by molar-refractivity contribution is -0.121. The van der Waals surface area contributed by atoms with Crippen molar-refractivity contribution >= 4 is 21.6 Å². The summed E-state index contributed by atoms with van der Waals surface area (Å²) in [5.41, 5.74) is 3.73. The van der Waals surface area contributed by atoms with Crippen LogP contribution >= 0.6 is 0 Å². The molecule has 0 spiro atoms. The second kappa shape index (κ2) is 9.07. The number of rotatable bonds is 6. The number of benzene rings is 2. The van der Waals surface area contributed by atoms with Crippen molar-refractivity contribution in [3.63, 3.8) is 0 Å². The van der Waals surface area contributed by atoms with Gasteiger partial charge < -0.3 is 5.32 Å². The molecule has 1 fully saturated rings. The molecule has 0 aromatic heterocycles. The summed E-state index contributed by atoms with van der Waals surface area (Å²) in [4.78, 5) is 14.7. The standard InChI is InChI=1S/C22H29N3O3S/c1-17-9-10-18(2)21(15-17)23-22(26)19(3)24-11-13-25(14-12-24)29(27,28)16-20-7-5-4-6-8-20/h4-10,15,19H,11-14,16H2,1-3H3,(H,23,26)/t19-/m0/s1. The molecule has 1 N–H and O–H groups in total. The third kappa shape index (κ3) is 5.44. The number of piperazine rings is 1. The number of hydrogen-bond acceptors (Lipinski definition) is 4. The predicted molar refractivity (Wildman–Crippen MR) is 116 cm³/mol. The molecule has 0 aliphatic carbocycles. The van der Waals surface area contributed by atoms with Crippen molar-refractivity contribution < 1.29 is 13.2 Å². The maximum absolute atomic E-state index is 12.7. The van der Waals surface area contributed by atoms with E-state index in [4.69, 9.17) is 0 Å². The third-order valence-electron chi connectivity index (χ3n) is 5.44. The highest BCUT2D eigenvalue weighted by Gasteiger charge is 2.31. The van der Waals surface area contributed by atoms with Crippen molar-refractivity contribution in [1.82, 2.24) is 9.21 Å². The van der Waals surface area contributed by atoms with E-state index in [2.05, 4.69) is 5.32 Å². The van der Waals surface area contributed by atoms with Crippen molar-refractivity contribution in [2.24, 2.45) is 0 Å². The van der Waals surface area contributed by atoms with Gasteiger partial charge in [0.25, 0.3) is 0 Å². The largest absolute Gasteiger partial charge is 0.324 e. The molecule has 1 heterocycles.